The van der Waals surface area contributed by atoms with Crippen molar-refractivity contribution in [3.63, 3.8) is 0 Å². The molecule has 0 amide bonds. The van der Waals surface area contributed by atoms with Gasteiger partial charge in [0.25, 0.3) is 0 Å². The highest BCUT2D eigenvalue weighted by molar-refractivity contribution is 5.45. The van der Waals surface area contributed by atoms with Gasteiger partial charge in [-0.05, 0) is 58.2 Å². The largest absolute Gasteiger partial charge is 0.417 e. The van der Waals surface area contributed by atoms with E-state index in [-0.39, 0.29) is 11.6 Å². The molecule has 114 valence electrons. The quantitative estimate of drug-likeness (QED) is 0.912. The van der Waals surface area contributed by atoms with Crippen molar-refractivity contribution in [1.29, 1.82) is 0 Å². The van der Waals surface area contributed by atoms with Crippen LogP contribution in [0.15, 0.2) is 22.8 Å². The molecule has 2 rings (SSSR count). The van der Waals surface area contributed by atoms with E-state index in [4.69, 9.17) is 9.15 Å². The van der Waals surface area contributed by atoms with Crippen LogP contribution in [0.4, 0.5) is 0 Å². The molecule has 0 spiro atoms. The highest BCUT2D eigenvalue weighted by atomic mass is 16.6. The van der Waals surface area contributed by atoms with E-state index < -0.39 is 0 Å². The fourth-order valence-corrected chi connectivity index (χ4v) is 1.94. The molecule has 0 saturated carbocycles. The van der Waals surface area contributed by atoms with Crippen LogP contribution in [0.5, 0.6) is 11.8 Å². The Kier molecular flexibility index (Phi) is 4.37. The predicted octanol–water partition coefficient (Wildman–Crippen LogP) is 4.28. The SMILES string of the molecule is Cc1ccc(C)c(Oc2nc(CNC(C)(C)C)co2)c1C. The van der Waals surface area contributed by atoms with Crippen molar-refractivity contribution in [2.45, 2.75) is 53.6 Å². The van der Waals surface area contributed by atoms with Crippen LogP contribution in [0.2, 0.25) is 0 Å². The lowest BCUT2D eigenvalue weighted by molar-refractivity contribution is 0.327. The third-order valence-corrected chi connectivity index (χ3v) is 3.39. The number of nitrogens with zero attached hydrogens (tertiary/aromatic N) is 1. The Morgan fingerprint density at radius 2 is 1.81 bits per heavy atom. The Hall–Kier alpha value is -1.81. The number of nitrogens with one attached hydrogen (secondary N) is 1. The zero-order valence-electron chi connectivity index (χ0n) is 13.7. The summed E-state index contributed by atoms with van der Waals surface area (Å²) in [5.74, 6) is 0.826. The molecule has 1 heterocycles. The molecular weight excluding hydrogens is 264 g/mol. The van der Waals surface area contributed by atoms with E-state index in [9.17, 15) is 0 Å². The fraction of sp³-hybridized carbons (Fsp3) is 0.471. The third-order valence-electron chi connectivity index (χ3n) is 3.39. The first-order valence-electron chi connectivity index (χ1n) is 7.20. The number of ether oxygens (including phenoxy) is 1. The average Bonchev–Trinajstić information content (AvgIpc) is 2.84. The summed E-state index contributed by atoms with van der Waals surface area (Å²) in [7, 11) is 0. The van der Waals surface area contributed by atoms with E-state index >= 15 is 0 Å². The molecule has 0 fully saturated rings. The highest BCUT2D eigenvalue weighted by Gasteiger charge is 2.14. The van der Waals surface area contributed by atoms with Gasteiger partial charge in [-0.15, -0.1) is 0 Å². The standard InChI is InChI=1S/C17H24N2O2/c1-11-7-8-12(2)15(13(11)3)21-16-19-14(10-20-16)9-18-17(4,5)6/h7-8,10,18H,9H2,1-6H3. The van der Waals surface area contributed by atoms with E-state index in [1.165, 1.54) is 5.56 Å². The minimum absolute atomic E-state index is 0.0453. The van der Waals surface area contributed by atoms with E-state index in [1.807, 2.05) is 19.9 Å². The number of aryl methyl sites for hydroxylation is 2. The lowest BCUT2D eigenvalue weighted by Gasteiger charge is -2.19. The molecule has 4 heteroatoms. The first-order valence-corrected chi connectivity index (χ1v) is 7.20. The van der Waals surface area contributed by atoms with Crippen LogP contribution in [0.25, 0.3) is 0 Å². The lowest BCUT2D eigenvalue weighted by Crippen LogP contribution is -2.35. The second-order valence-electron chi connectivity index (χ2n) is 6.46. The maximum atomic E-state index is 5.83. The van der Waals surface area contributed by atoms with Gasteiger partial charge in [-0.2, -0.15) is 4.98 Å². The van der Waals surface area contributed by atoms with Crippen LogP contribution < -0.4 is 10.1 Å². The normalized spacial score (nSPS) is 11.7. The molecule has 1 aromatic carbocycles. The molecule has 1 aromatic heterocycles. The molecule has 4 nitrogen and oxygen atoms in total. The van der Waals surface area contributed by atoms with Crippen LogP contribution in [-0.2, 0) is 6.54 Å². The molecule has 0 aliphatic rings. The van der Waals surface area contributed by atoms with E-state index in [2.05, 4.69) is 44.1 Å². The number of rotatable bonds is 4. The van der Waals surface area contributed by atoms with Gasteiger partial charge >= 0.3 is 6.08 Å². The molecule has 0 radical (unpaired) electrons. The van der Waals surface area contributed by atoms with Crippen molar-refractivity contribution in [2.75, 3.05) is 0 Å². The Balaban J connectivity index is 2.11. The topological polar surface area (TPSA) is 47.3 Å². The molecule has 0 atom stereocenters. The Morgan fingerprint density at radius 3 is 2.48 bits per heavy atom. The average molecular weight is 288 g/mol. The van der Waals surface area contributed by atoms with Crippen LogP contribution in [0.3, 0.4) is 0 Å². The highest BCUT2D eigenvalue weighted by Crippen LogP contribution is 2.30. The zero-order valence-corrected chi connectivity index (χ0v) is 13.7. The summed E-state index contributed by atoms with van der Waals surface area (Å²) in [6.45, 7) is 13.1. The van der Waals surface area contributed by atoms with Gasteiger partial charge in [-0.1, -0.05) is 12.1 Å². The van der Waals surface area contributed by atoms with E-state index in [0.29, 0.717) is 6.54 Å². The molecule has 1 N–H and O–H groups in total. The molecule has 0 saturated heterocycles. The van der Waals surface area contributed by atoms with Gasteiger partial charge in [0.1, 0.15) is 12.0 Å². The molecule has 0 bridgehead atoms. The summed E-state index contributed by atoms with van der Waals surface area (Å²) in [6, 6.07) is 4.13. The Bertz CT molecular complexity index is 624. The maximum Gasteiger partial charge on any atom is 0.399 e. The van der Waals surface area contributed by atoms with Gasteiger partial charge in [-0.3, -0.25) is 0 Å². The summed E-state index contributed by atoms with van der Waals surface area (Å²) in [4.78, 5) is 4.37. The minimum atomic E-state index is 0.0453. The van der Waals surface area contributed by atoms with Gasteiger partial charge in [0.2, 0.25) is 0 Å². The number of benzene rings is 1. The number of aromatic nitrogens is 1. The number of hydrogen-bond acceptors (Lipinski definition) is 4. The Labute approximate surface area is 126 Å². The first-order chi connectivity index (χ1) is 9.76. The van der Waals surface area contributed by atoms with Crippen molar-refractivity contribution < 1.29 is 9.15 Å². The monoisotopic (exact) mass is 288 g/mol. The van der Waals surface area contributed by atoms with Crippen LogP contribution in [0, 0.1) is 20.8 Å². The molecule has 0 unspecified atom stereocenters. The molecule has 2 aromatic rings. The summed E-state index contributed by atoms with van der Waals surface area (Å²) in [5, 5.41) is 3.37. The van der Waals surface area contributed by atoms with Crippen molar-refractivity contribution in [3.05, 3.63) is 40.8 Å². The van der Waals surface area contributed by atoms with Gasteiger partial charge in [0, 0.05) is 12.1 Å². The van der Waals surface area contributed by atoms with Crippen LogP contribution >= 0.6 is 0 Å². The van der Waals surface area contributed by atoms with Gasteiger partial charge in [-0.25, -0.2) is 0 Å². The minimum Gasteiger partial charge on any atom is -0.417 e. The van der Waals surface area contributed by atoms with Gasteiger partial charge < -0.3 is 14.5 Å². The van der Waals surface area contributed by atoms with Crippen LogP contribution in [-0.4, -0.2) is 10.5 Å². The third kappa shape index (κ3) is 4.08. The maximum absolute atomic E-state index is 5.83. The van der Waals surface area contributed by atoms with Crippen LogP contribution in [0.1, 0.15) is 43.2 Å². The van der Waals surface area contributed by atoms with Gasteiger partial charge in [0.15, 0.2) is 0 Å². The summed E-state index contributed by atoms with van der Waals surface area (Å²) < 4.78 is 11.2. The molecule has 21 heavy (non-hydrogen) atoms. The number of hydrogen-bond donors (Lipinski definition) is 1. The molecule has 0 aliphatic carbocycles. The summed E-state index contributed by atoms with van der Waals surface area (Å²) in [6.07, 6.45) is 1.92. The van der Waals surface area contributed by atoms with Crippen molar-refractivity contribution in [3.8, 4) is 11.8 Å². The summed E-state index contributed by atoms with van der Waals surface area (Å²) >= 11 is 0. The second-order valence-corrected chi connectivity index (χ2v) is 6.46. The summed E-state index contributed by atoms with van der Waals surface area (Å²) in [5.41, 5.74) is 4.26. The van der Waals surface area contributed by atoms with E-state index in [0.717, 1.165) is 22.6 Å². The predicted molar refractivity (Wildman–Crippen MR) is 83.8 cm³/mol. The first kappa shape index (κ1) is 15.6. The fourth-order valence-electron chi connectivity index (χ4n) is 1.94. The zero-order chi connectivity index (χ0) is 15.6. The Morgan fingerprint density at radius 1 is 1.14 bits per heavy atom. The smallest absolute Gasteiger partial charge is 0.399 e. The lowest BCUT2D eigenvalue weighted by atomic mass is 10.1. The molecule has 0 aliphatic heterocycles. The number of oxazole rings is 1. The van der Waals surface area contributed by atoms with E-state index in [1.54, 1.807) is 6.26 Å². The second kappa shape index (κ2) is 5.90. The van der Waals surface area contributed by atoms with Crippen molar-refractivity contribution >= 4 is 0 Å². The van der Waals surface area contributed by atoms with Gasteiger partial charge in [0.05, 0.1) is 5.69 Å². The van der Waals surface area contributed by atoms with Crippen molar-refractivity contribution in [1.82, 2.24) is 10.3 Å². The molecular formula is C17H24N2O2. The van der Waals surface area contributed by atoms with Crippen molar-refractivity contribution in [2.24, 2.45) is 0 Å².